The Bertz CT molecular complexity index is 668. The van der Waals surface area contributed by atoms with E-state index in [-0.39, 0.29) is 17.4 Å². The number of nitrogens with one attached hydrogen (secondary N) is 1. The summed E-state index contributed by atoms with van der Waals surface area (Å²) in [4.78, 5) is 14.2. The molecule has 1 aromatic heterocycles. The van der Waals surface area contributed by atoms with Crippen LogP contribution < -0.4 is 16.0 Å². The molecule has 0 spiro atoms. The van der Waals surface area contributed by atoms with Crippen LogP contribution in [0.3, 0.4) is 0 Å². The van der Waals surface area contributed by atoms with Crippen molar-refractivity contribution < 1.29 is 9.66 Å². The van der Waals surface area contributed by atoms with Gasteiger partial charge in [0.2, 0.25) is 5.88 Å². The van der Waals surface area contributed by atoms with E-state index < -0.39 is 4.92 Å². The maximum atomic E-state index is 10.8. The Morgan fingerprint density at radius 2 is 2.15 bits per heavy atom. The van der Waals surface area contributed by atoms with Gasteiger partial charge in [0.1, 0.15) is 5.75 Å². The third-order valence-electron chi connectivity index (χ3n) is 2.25. The summed E-state index contributed by atoms with van der Waals surface area (Å²) >= 11 is 9.09. The van der Waals surface area contributed by atoms with Crippen LogP contribution in [0.15, 0.2) is 34.8 Å². The van der Waals surface area contributed by atoms with E-state index >= 15 is 0 Å². The fourth-order valence-electron chi connectivity index (χ4n) is 1.39. The second-order valence-corrected chi connectivity index (χ2v) is 4.92. The van der Waals surface area contributed by atoms with Crippen LogP contribution in [0.25, 0.3) is 0 Å². The highest BCUT2D eigenvalue weighted by molar-refractivity contribution is 9.10. The molecule has 2 rings (SSSR count). The number of ether oxygens (including phenoxy) is 1. The summed E-state index contributed by atoms with van der Waals surface area (Å²) in [6.45, 7) is 0. The molecule has 1 heterocycles. The lowest BCUT2D eigenvalue weighted by Crippen LogP contribution is -2.09. The van der Waals surface area contributed by atoms with Crippen LogP contribution in [-0.2, 0) is 0 Å². The maximum absolute atomic E-state index is 10.8. The lowest BCUT2D eigenvalue weighted by Gasteiger charge is -2.08. The third-order valence-corrected chi connectivity index (χ3v) is 3.11. The summed E-state index contributed by atoms with van der Waals surface area (Å²) in [5, 5.41) is 11.3. The summed E-state index contributed by atoms with van der Waals surface area (Å²) in [5.74, 6) is 5.80. The van der Waals surface area contributed by atoms with Gasteiger partial charge in [0.05, 0.1) is 21.5 Å². The second-order valence-electron chi connectivity index (χ2n) is 3.63. The Balaban J connectivity index is 2.37. The number of benzene rings is 1. The number of nitrogen functional groups attached to an aromatic ring is 1. The number of rotatable bonds is 4. The molecule has 104 valence electrons. The topological polar surface area (TPSA) is 103 Å². The van der Waals surface area contributed by atoms with Gasteiger partial charge in [-0.05, 0) is 34.1 Å². The van der Waals surface area contributed by atoms with Crippen LogP contribution in [0.5, 0.6) is 11.6 Å². The number of anilines is 1. The zero-order valence-corrected chi connectivity index (χ0v) is 12.2. The normalized spacial score (nSPS) is 10.2. The SMILES string of the molecule is NNc1cc([N+](=O)[O-])cc(Oc2ccc(Cl)cc2Br)n1. The van der Waals surface area contributed by atoms with Crippen LogP contribution >= 0.6 is 27.5 Å². The van der Waals surface area contributed by atoms with Gasteiger partial charge < -0.3 is 10.2 Å². The van der Waals surface area contributed by atoms with E-state index in [2.05, 4.69) is 26.3 Å². The van der Waals surface area contributed by atoms with Gasteiger partial charge in [0.15, 0.2) is 5.82 Å². The molecule has 1 aromatic carbocycles. The maximum Gasteiger partial charge on any atom is 0.278 e. The van der Waals surface area contributed by atoms with Crippen molar-refractivity contribution in [3.05, 3.63) is 49.9 Å². The molecule has 0 saturated carbocycles. The number of aromatic nitrogens is 1. The molecule has 2 aromatic rings. The standard InChI is InChI=1S/C11H8BrClN4O3/c12-8-3-6(13)1-2-9(8)20-11-5-7(17(18)19)4-10(15-11)16-14/h1-5H,14H2,(H,15,16). The molecule has 0 amide bonds. The van der Waals surface area contributed by atoms with Crippen molar-refractivity contribution >= 4 is 39.0 Å². The molecule has 0 aliphatic heterocycles. The molecule has 0 saturated heterocycles. The second kappa shape index (κ2) is 6.04. The summed E-state index contributed by atoms with van der Waals surface area (Å²) in [5.41, 5.74) is 2.06. The van der Waals surface area contributed by atoms with Crippen molar-refractivity contribution in [2.45, 2.75) is 0 Å². The molecule has 0 bridgehead atoms. The minimum Gasteiger partial charge on any atom is -0.438 e. The number of hydrazine groups is 1. The Hall–Kier alpha value is -1.90. The van der Waals surface area contributed by atoms with Crippen molar-refractivity contribution in [3.8, 4) is 11.6 Å². The molecular weight excluding hydrogens is 352 g/mol. The lowest BCUT2D eigenvalue weighted by molar-refractivity contribution is -0.384. The first kappa shape index (κ1) is 14.5. The molecular formula is C11H8BrClN4O3. The molecule has 0 radical (unpaired) electrons. The number of hydrogen-bond donors (Lipinski definition) is 2. The average Bonchev–Trinajstić information content (AvgIpc) is 2.41. The predicted molar refractivity (Wildman–Crippen MR) is 77.9 cm³/mol. The molecule has 7 nitrogen and oxygen atoms in total. The fraction of sp³-hybridized carbons (Fsp3) is 0. The Kier molecular flexibility index (Phi) is 4.38. The minimum atomic E-state index is -0.563. The summed E-state index contributed by atoms with van der Waals surface area (Å²) in [6.07, 6.45) is 0. The first-order valence-electron chi connectivity index (χ1n) is 5.25. The zero-order valence-electron chi connectivity index (χ0n) is 9.84. The molecule has 3 N–H and O–H groups in total. The number of nitrogens with two attached hydrogens (primary N) is 1. The molecule has 0 aliphatic carbocycles. The van der Waals surface area contributed by atoms with Crippen LogP contribution in [0.4, 0.5) is 11.5 Å². The molecule has 0 unspecified atom stereocenters. The Morgan fingerprint density at radius 3 is 2.75 bits per heavy atom. The van der Waals surface area contributed by atoms with Crippen LogP contribution in [0.1, 0.15) is 0 Å². The van der Waals surface area contributed by atoms with Crippen molar-refractivity contribution in [3.63, 3.8) is 0 Å². The van der Waals surface area contributed by atoms with E-state index in [4.69, 9.17) is 22.2 Å². The van der Waals surface area contributed by atoms with E-state index in [9.17, 15) is 10.1 Å². The van der Waals surface area contributed by atoms with Crippen molar-refractivity contribution in [1.29, 1.82) is 0 Å². The number of nitrogens with zero attached hydrogens (tertiary/aromatic N) is 2. The van der Waals surface area contributed by atoms with Gasteiger partial charge in [-0.2, -0.15) is 4.98 Å². The van der Waals surface area contributed by atoms with E-state index in [1.807, 2.05) is 0 Å². The number of hydrogen-bond acceptors (Lipinski definition) is 6. The van der Waals surface area contributed by atoms with Gasteiger partial charge in [-0.1, -0.05) is 11.6 Å². The number of pyridine rings is 1. The Labute approximate surface area is 127 Å². The molecule has 9 heteroatoms. The van der Waals surface area contributed by atoms with Crippen molar-refractivity contribution in [2.24, 2.45) is 5.84 Å². The van der Waals surface area contributed by atoms with Gasteiger partial charge in [-0.15, -0.1) is 0 Å². The van der Waals surface area contributed by atoms with Crippen molar-refractivity contribution in [1.82, 2.24) is 4.98 Å². The van der Waals surface area contributed by atoms with Crippen molar-refractivity contribution in [2.75, 3.05) is 5.43 Å². The van der Waals surface area contributed by atoms with Gasteiger partial charge in [0.25, 0.3) is 5.69 Å². The van der Waals surface area contributed by atoms with Gasteiger partial charge in [0, 0.05) is 5.02 Å². The molecule has 0 aliphatic rings. The van der Waals surface area contributed by atoms with E-state index in [1.54, 1.807) is 18.2 Å². The molecule has 20 heavy (non-hydrogen) atoms. The van der Waals surface area contributed by atoms with Gasteiger partial charge in [-0.3, -0.25) is 10.1 Å². The lowest BCUT2D eigenvalue weighted by atomic mass is 10.3. The van der Waals surface area contributed by atoms with Gasteiger partial charge >= 0.3 is 0 Å². The highest BCUT2D eigenvalue weighted by atomic mass is 79.9. The smallest absolute Gasteiger partial charge is 0.278 e. The fourth-order valence-corrected chi connectivity index (χ4v) is 2.16. The number of halogens is 2. The predicted octanol–water partition coefficient (Wildman–Crippen LogP) is 3.48. The average molecular weight is 360 g/mol. The zero-order chi connectivity index (χ0) is 14.7. The summed E-state index contributed by atoms with van der Waals surface area (Å²) in [6, 6.07) is 7.27. The third kappa shape index (κ3) is 3.35. The largest absolute Gasteiger partial charge is 0.438 e. The minimum absolute atomic E-state index is 0.0372. The monoisotopic (exact) mass is 358 g/mol. The molecule has 0 atom stereocenters. The van der Waals surface area contributed by atoms with Gasteiger partial charge in [-0.25, -0.2) is 5.84 Å². The van der Waals surface area contributed by atoms with Crippen LogP contribution in [0, 0.1) is 10.1 Å². The highest BCUT2D eigenvalue weighted by Gasteiger charge is 2.13. The Morgan fingerprint density at radius 1 is 1.40 bits per heavy atom. The quantitative estimate of drug-likeness (QED) is 0.492. The highest BCUT2D eigenvalue weighted by Crippen LogP contribution is 2.32. The summed E-state index contributed by atoms with van der Waals surface area (Å²) < 4.78 is 6.08. The van der Waals surface area contributed by atoms with Crippen LogP contribution in [-0.4, -0.2) is 9.91 Å². The summed E-state index contributed by atoms with van der Waals surface area (Å²) in [7, 11) is 0. The first-order valence-corrected chi connectivity index (χ1v) is 6.42. The number of nitro groups is 1. The molecule has 0 fully saturated rings. The van der Waals surface area contributed by atoms with E-state index in [0.29, 0.717) is 15.2 Å². The van der Waals surface area contributed by atoms with E-state index in [0.717, 1.165) is 0 Å². The first-order chi connectivity index (χ1) is 9.49. The van der Waals surface area contributed by atoms with Crippen LogP contribution in [0.2, 0.25) is 5.02 Å². The van der Waals surface area contributed by atoms with E-state index in [1.165, 1.54) is 12.1 Å².